The van der Waals surface area contributed by atoms with Crippen molar-refractivity contribution in [3.63, 3.8) is 0 Å². The molecule has 0 aliphatic heterocycles. The van der Waals surface area contributed by atoms with E-state index in [-0.39, 0.29) is 18.0 Å². The summed E-state index contributed by atoms with van der Waals surface area (Å²) in [7, 11) is -3.74. The maximum atomic E-state index is 14.3. The van der Waals surface area contributed by atoms with E-state index in [1.54, 1.807) is 12.1 Å². The number of halogens is 1. The van der Waals surface area contributed by atoms with Crippen LogP contribution in [0, 0.1) is 12.7 Å². The van der Waals surface area contributed by atoms with Gasteiger partial charge in [-0.15, -0.1) is 0 Å². The van der Waals surface area contributed by atoms with E-state index in [0.717, 1.165) is 11.6 Å². The largest absolute Gasteiger partial charge is 0.396 e. The van der Waals surface area contributed by atoms with Crippen LogP contribution in [0.15, 0.2) is 47.4 Å². The van der Waals surface area contributed by atoms with Crippen LogP contribution in [0.2, 0.25) is 0 Å². The Hall–Kier alpha value is -1.76. The Morgan fingerprint density at radius 3 is 2.39 bits per heavy atom. The number of sulfonamides is 1. The Bertz CT molecular complexity index is 758. The summed E-state index contributed by atoms with van der Waals surface area (Å²) < 4.78 is 40.9. The van der Waals surface area contributed by atoms with Crippen molar-refractivity contribution in [1.82, 2.24) is 4.72 Å². The second kappa shape index (κ2) is 7.68. The van der Waals surface area contributed by atoms with Gasteiger partial charge in [-0.05, 0) is 37.5 Å². The van der Waals surface area contributed by atoms with Crippen LogP contribution in [-0.4, -0.2) is 26.7 Å². The summed E-state index contributed by atoms with van der Waals surface area (Å²) in [6.45, 7) is 2.17. The van der Waals surface area contributed by atoms with Gasteiger partial charge in [0.2, 0.25) is 10.0 Å². The Labute approximate surface area is 136 Å². The molecule has 0 unspecified atom stereocenters. The van der Waals surface area contributed by atoms with Crippen LogP contribution in [0.4, 0.5) is 4.39 Å². The number of hydrogen-bond donors (Lipinski definition) is 2. The average molecular weight is 337 g/mol. The molecule has 23 heavy (non-hydrogen) atoms. The molecule has 2 aromatic rings. The Morgan fingerprint density at radius 1 is 1.09 bits per heavy atom. The van der Waals surface area contributed by atoms with E-state index in [4.69, 9.17) is 5.11 Å². The van der Waals surface area contributed by atoms with Crippen molar-refractivity contribution < 1.29 is 17.9 Å². The molecule has 2 rings (SSSR count). The first-order valence-electron chi connectivity index (χ1n) is 7.41. The van der Waals surface area contributed by atoms with E-state index >= 15 is 0 Å². The molecular formula is C17H20FNO3S. The first-order valence-corrected chi connectivity index (χ1v) is 8.89. The first-order chi connectivity index (χ1) is 10.9. The Balaban J connectivity index is 2.20. The van der Waals surface area contributed by atoms with Crippen molar-refractivity contribution in [3.05, 3.63) is 53.8 Å². The zero-order valence-electron chi connectivity index (χ0n) is 12.9. The molecule has 0 saturated heterocycles. The molecular weight excluding hydrogens is 317 g/mol. The summed E-state index contributed by atoms with van der Waals surface area (Å²) in [5.41, 5.74) is 2.14. The number of nitrogens with one attached hydrogen (secondary N) is 1. The van der Waals surface area contributed by atoms with Gasteiger partial charge in [0.25, 0.3) is 0 Å². The SMILES string of the molecule is Cc1ccc(-c2ccc(S(=O)(=O)NCCCCO)cc2F)cc1. The third-order valence-corrected chi connectivity index (χ3v) is 4.95. The minimum absolute atomic E-state index is 0.0155. The van der Waals surface area contributed by atoms with Crippen LogP contribution in [0.1, 0.15) is 18.4 Å². The highest BCUT2D eigenvalue weighted by Crippen LogP contribution is 2.25. The minimum Gasteiger partial charge on any atom is -0.396 e. The van der Waals surface area contributed by atoms with E-state index in [9.17, 15) is 12.8 Å². The fraction of sp³-hybridized carbons (Fsp3) is 0.294. The smallest absolute Gasteiger partial charge is 0.240 e. The number of benzene rings is 2. The van der Waals surface area contributed by atoms with Gasteiger partial charge in [0.15, 0.2) is 0 Å². The van der Waals surface area contributed by atoms with Gasteiger partial charge in [0.05, 0.1) is 4.90 Å². The molecule has 2 N–H and O–H groups in total. The molecule has 0 spiro atoms. The number of hydrogen-bond acceptors (Lipinski definition) is 3. The van der Waals surface area contributed by atoms with E-state index in [1.165, 1.54) is 12.1 Å². The standard InChI is InChI=1S/C17H20FNO3S/c1-13-4-6-14(7-5-13)16-9-8-15(12-17(16)18)23(21,22)19-10-2-3-11-20/h4-9,12,19-20H,2-3,10-11H2,1H3. The van der Waals surface area contributed by atoms with Crippen molar-refractivity contribution in [1.29, 1.82) is 0 Å². The number of aliphatic hydroxyl groups is 1. The van der Waals surface area contributed by atoms with Crippen molar-refractivity contribution in [3.8, 4) is 11.1 Å². The van der Waals surface area contributed by atoms with Gasteiger partial charge in [-0.1, -0.05) is 35.9 Å². The molecule has 0 amide bonds. The molecule has 0 aromatic heterocycles. The lowest BCUT2D eigenvalue weighted by Gasteiger charge is -2.09. The van der Waals surface area contributed by atoms with Gasteiger partial charge in [0.1, 0.15) is 5.82 Å². The zero-order valence-corrected chi connectivity index (χ0v) is 13.7. The summed E-state index contributed by atoms with van der Waals surface area (Å²) >= 11 is 0. The monoisotopic (exact) mass is 337 g/mol. The van der Waals surface area contributed by atoms with Crippen molar-refractivity contribution >= 4 is 10.0 Å². The quantitative estimate of drug-likeness (QED) is 0.764. The summed E-state index contributed by atoms with van der Waals surface area (Å²) in [4.78, 5) is -0.102. The van der Waals surface area contributed by atoms with E-state index in [2.05, 4.69) is 4.72 Å². The van der Waals surface area contributed by atoms with Gasteiger partial charge in [-0.2, -0.15) is 0 Å². The van der Waals surface area contributed by atoms with E-state index in [1.807, 2.05) is 19.1 Å². The molecule has 124 valence electrons. The van der Waals surface area contributed by atoms with Gasteiger partial charge >= 0.3 is 0 Å². The highest BCUT2D eigenvalue weighted by molar-refractivity contribution is 7.89. The minimum atomic E-state index is -3.74. The fourth-order valence-corrected chi connectivity index (χ4v) is 3.24. The number of aliphatic hydroxyl groups excluding tert-OH is 1. The Kier molecular flexibility index (Phi) is 5.87. The lowest BCUT2D eigenvalue weighted by atomic mass is 10.0. The molecule has 0 aliphatic rings. The third kappa shape index (κ3) is 4.60. The second-order valence-electron chi connectivity index (χ2n) is 5.34. The molecule has 4 nitrogen and oxygen atoms in total. The van der Waals surface area contributed by atoms with Crippen LogP contribution in [0.3, 0.4) is 0 Å². The maximum Gasteiger partial charge on any atom is 0.240 e. The van der Waals surface area contributed by atoms with Gasteiger partial charge < -0.3 is 5.11 Å². The number of aryl methyl sites for hydroxylation is 1. The fourth-order valence-electron chi connectivity index (χ4n) is 2.16. The summed E-state index contributed by atoms with van der Waals surface area (Å²) in [5, 5.41) is 8.68. The summed E-state index contributed by atoms with van der Waals surface area (Å²) in [6, 6.07) is 11.3. The molecule has 0 fully saturated rings. The van der Waals surface area contributed by atoms with Crippen LogP contribution in [0.5, 0.6) is 0 Å². The van der Waals surface area contributed by atoms with Crippen LogP contribution in [0.25, 0.3) is 11.1 Å². The first kappa shape index (κ1) is 17.6. The van der Waals surface area contributed by atoms with E-state index in [0.29, 0.717) is 24.0 Å². The Morgan fingerprint density at radius 2 is 1.78 bits per heavy atom. The maximum absolute atomic E-state index is 14.3. The highest BCUT2D eigenvalue weighted by Gasteiger charge is 2.16. The molecule has 0 heterocycles. The molecule has 0 radical (unpaired) electrons. The molecule has 6 heteroatoms. The predicted octanol–water partition coefficient (Wildman–Crippen LogP) is 2.85. The summed E-state index contributed by atoms with van der Waals surface area (Å²) in [6.07, 6.45) is 1.04. The normalized spacial score (nSPS) is 11.6. The zero-order chi connectivity index (χ0) is 16.9. The molecule has 0 aliphatic carbocycles. The van der Waals surface area contributed by atoms with E-state index < -0.39 is 15.8 Å². The predicted molar refractivity (Wildman–Crippen MR) is 88.1 cm³/mol. The lowest BCUT2D eigenvalue weighted by Crippen LogP contribution is -2.25. The third-order valence-electron chi connectivity index (χ3n) is 3.49. The average Bonchev–Trinajstić information content (AvgIpc) is 2.52. The van der Waals surface area contributed by atoms with Crippen molar-refractivity contribution in [2.45, 2.75) is 24.7 Å². The van der Waals surface area contributed by atoms with Crippen molar-refractivity contribution in [2.24, 2.45) is 0 Å². The molecule has 0 atom stereocenters. The molecule has 0 bridgehead atoms. The topological polar surface area (TPSA) is 66.4 Å². The van der Waals surface area contributed by atoms with Gasteiger partial charge in [-0.25, -0.2) is 17.5 Å². The van der Waals surface area contributed by atoms with Gasteiger partial charge in [0, 0.05) is 18.7 Å². The number of unbranched alkanes of at least 4 members (excludes halogenated alkanes) is 1. The summed E-state index contributed by atoms with van der Waals surface area (Å²) in [5.74, 6) is -0.577. The highest BCUT2D eigenvalue weighted by atomic mass is 32.2. The van der Waals surface area contributed by atoms with Crippen LogP contribution in [-0.2, 0) is 10.0 Å². The van der Waals surface area contributed by atoms with Crippen molar-refractivity contribution in [2.75, 3.05) is 13.2 Å². The second-order valence-corrected chi connectivity index (χ2v) is 7.10. The van der Waals surface area contributed by atoms with Crippen LogP contribution < -0.4 is 4.72 Å². The van der Waals surface area contributed by atoms with Crippen LogP contribution >= 0.6 is 0 Å². The lowest BCUT2D eigenvalue weighted by molar-refractivity contribution is 0.285. The number of rotatable bonds is 7. The van der Waals surface area contributed by atoms with Gasteiger partial charge in [-0.3, -0.25) is 0 Å². The molecule has 0 saturated carbocycles. The molecule has 2 aromatic carbocycles.